The minimum Gasteiger partial charge on any atom is -0.492 e. The lowest BCUT2D eigenvalue weighted by Gasteiger charge is -2.21. The molecule has 2 aromatic carbocycles. The first-order chi connectivity index (χ1) is 12.8. The minimum atomic E-state index is -3.33. The van der Waals surface area contributed by atoms with Crippen LogP contribution in [-0.2, 0) is 16.4 Å². The predicted octanol–water partition coefficient (Wildman–Crippen LogP) is 2.51. The third kappa shape index (κ3) is 4.42. The summed E-state index contributed by atoms with van der Waals surface area (Å²) in [5, 5.41) is 2.83. The van der Waals surface area contributed by atoms with Crippen LogP contribution in [-0.4, -0.2) is 39.8 Å². The number of ether oxygens (including phenoxy) is 1. The fourth-order valence-electron chi connectivity index (χ4n) is 3.32. The largest absolute Gasteiger partial charge is 0.492 e. The van der Waals surface area contributed by atoms with E-state index in [-0.39, 0.29) is 11.9 Å². The maximum atomic E-state index is 12.4. The van der Waals surface area contributed by atoms with E-state index >= 15 is 0 Å². The highest BCUT2D eigenvalue weighted by molar-refractivity contribution is 7.92. The van der Waals surface area contributed by atoms with Gasteiger partial charge in [-0.25, -0.2) is 8.42 Å². The smallest absolute Gasteiger partial charge is 0.251 e. The summed E-state index contributed by atoms with van der Waals surface area (Å²) in [5.74, 6) is 0.568. The molecule has 0 saturated carbocycles. The second-order valence-electron chi connectivity index (χ2n) is 6.87. The summed E-state index contributed by atoms with van der Waals surface area (Å²) in [6.07, 6.45) is 1.80. The highest BCUT2D eigenvalue weighted by Crippen LogP contribution is 2.34. The summed E-state index contributed by atoms with van der Waals surface area (Å²) in [4.78, 5) is 12.4. The van der Waals surface area contributed by atoms with Crippen LogP contribution in [0.3, 0.4) is 0 Å². The van der Waals surface area contributed by atoms with Crippen LogP contribution in [0.1, 0.15) is 28.4 Å². The monoisotopic (exact) mass is 388 g/mol. The van der Waals surface area contributed by atoms with Crippen molar-refractivity contribution in [3.8, 4) is 5.75 Å². The van der Waals surface area contributed by atoms with E-state index in [0.717, 1.165) is 16.9 Å². The first-order valence-electron chi connectivity index (χ1n) is 8.85. The number of hydrogen-bond acceptors (Lipinski definition) is 4. The first kappa shape index (κ1) is 19.2. The molecule has 1 N–H and O–H groups in total. The molecular weight excluding hydrogens is 364 g/mol. The van der Waals surface area contributed by atoms with E-state index < -0.39 is 10.0 Å². The zero-order valence-corrected chi connectivity index (χ0v) is 16.5. The number of carbonyl (C=O) groups is 1. The molecule has 1 aliphatic heterocycles. The Kier molecular flexibility index (Phi) is 5.41. The van der Waals surface area contributed by atoms with Crippen molar-refractivity contribution in [2.45, 2.75) is 26.3 Å². The Morgan fingerprint density at radius 2 is 1.93 bits per heavy atom. The maximum absolute atomic E-state index is 12.4. The van der Waals surface area contributed by atoms with Gasteiger partial charge in [0, 0.05) is 11.6 Å². The molecule has 6 nitrogen and oxygen atoms in total. The molecule has 0 radical (unpaired) electrons. The standard InChI is InChI=1S/C20H24N2O4S/c1-14-4-7-18(8-5-14)26-11-10-21-20(23)16-6-9-19-17(13-16)12-15(2)22(19)27(3,24)25/h4-9,13,15H,10-12H2,1-3H3,(H,21,23)/t15-/m1/s1. The summed E-state index contributed by atoms with van der Waals surface area (Å²) in [5.41, 5.74) is 3.21. The molecular formula is C20H24N2O4S. The highest BCUT2D eigenvalue weighted by Gasteiger charge is 2.32. The van der Waals surface area contributed by atoms with E-state index in [1.807, 2.05) is 38.1 Å². The molecule has 0 aromatic heterocycles. The van der Waals surface area contributed by atoms with Crippen LogP contribution < -0.4 is 14.4 Å². The van der Waals surface area contributed by atoms with Crippen molar-refractivity contribution in [1.82, 2.24) is 5.32 Å². The number of anilines is 1. The SMILES string of the molecule is Cc1ccc(OCCNC(=O)c2ccc3c(c2)C[C@@H](C)N3S(C)(=O)=O)cc1. The van der Waals surface area contributed by atoms with Gasteiger partial charge in [-0.05, 0) is 56.2 Å². The molecule has 0 unspecified atom stereocenters. The molecule has 0 saturated heterocycles. The number of rotatable bonds is 6. The molecule has 1 heterocycles. The zero-order chi connectivity index (χ0) is 19.6. The molecule has 0 bridgehead atoms. The number of benzene rings is 2. The highest BCUT2D eigenvalue weighted by atomic mass is 32.2. The van der Waals surface area contributed by atoms with Gasteiger partial charge in [-0.15, -0.1) is 0 Å². The molecule has 2 aromatic rings. The van der Waals surface area contributed by atoms with E-state index in [1.165, 1.54) is 10.6 Å². The van der Waals surface area contributed by atoms with Crippen LogP contribution in [0.15, 0.2) is 42.5 Å². The topological polar surface area (TPSA) is 75.7 Å². The average molecular weight is 388 g/mol. The van der Waals surface area contributed by atoms with Crippen molar-refractivity contribution in [2.24, 2.45) is 0 Å². The summed E-state index contributed by atoms with van der Waals surface area (Å²) in [7, 11) is -3.33. The number of nitrogens with zero attached hydrogens (tertiary/aromatic N) is 1. The van der Waals surface area contributed by atoms with Gasteiger partial charge in [0.05, 0.1) is 18.5 Å². The minimum absolute atomic E-state index is 0.142. The molecule has 0 spiro atoms. The Hall–Kier alpha value is -2.54. The van der Waals surface area contributed by atoms with Crippen LogP contribution in [0.4, 0.5) is 5.69 Å². The molecule has 7 heteroatoms. The Labute approximate surface area is 160 Å². The first-order valence-corrected chi connectivity index (χ1v) is 10.7. The van der Waals surface area contributed by atoms with Gasteiger partial charge in [-0.1, -0.05) is 17.7 Å². The third-order valence-electron chi connectivity index (χ3n) is 4.53. The second-order valence-corrected chi connectivity index (χ2v) is 8.73. The number of amides is 1. The van der Waals surface area contributed by atoms with Crippen molar-refractivity contribution in [3.05, 3.63) is 59.2 Å². The molecule has 1 atom stereocenters. The molecule has 0 fully saturated rings. The predicted molar refractivity (Wildman–Crippen MR) is 106 cm³/mol. The Bertz CT molecular complexity index is 939. The Morgan fingerprint density at radius 3 is 2.59 bits per heavy atom. The van der Waals surface area contributed by atoms with Crippen molar-refractivity contribution in [1.29, 1.82) is 0 Å². The van der Waals surface area contributed by atoms with Gasteiger partial charge in [0.2, 0.25) is 10.0 Å². The lowest BCUT2D eigenvalue weighted by atomic mass is 10.1. The second kappa shape index (κ2) is 7.60. The van der Waals surface area contributed by atoms with Gasteiger partial charge in [0.25, 0.3) is 5.91 Å². The van der Waals surface area contributed by atoms with E-state index in [9.17, 15) is 13.2 Å². The Balaban J connectivity index is 1.58. The van der Waals surface area contributed by atoms with Crippen LogP contribution in [0.2, 0.25) is 0 Å². The van der Waals surface area contributed by atoms with E-state index in [0.29, 0.717) is 30.8 Å². The number of fused-ring (bicyclic) bond motifs is 1. The summed E-state index contributed by atoms with van der Waals surface area (Å²) in [6.45, 7) is 4.63. The zero-order valence-electron chi connectivity index (χ0n) is 15.7. The van der Waals surface area contributed by atoms with Crippen molar-refractivity contribution in [3.63, 3.8) is 0 Å². The van der Waals surface area contributed by atoms with Gasteiger partial charge in [-0.3, -0.25) is 9.10 Å². The summed E-state index contributed by atoms with van der Waals surface area (Å²) >= 11 is 0. The van der Waals surface area contributed by atoms with Crippen LogP contribution >= 0.6 is 0 Å². The van der Waals surface area contributed by atoms with Gasteiger partial charge in [0.1, 0.15) is 12.4 Å². The van der Waals surface area contributed by atoms with Crippen molar-refractivity contribution >= 4 is 21.6 Å². The number of hydrogen-bond donors (Lipinski definition) is 1. The van der Waals surface area contributed by atoms with Gasteiger partial charge in [0.15, 0.2) is 0 Å². The number of carbonyl (C=O) groups excluding carboxylic acids is 1. The summed E-state index contributed by atoms with van der Waals surface area (Å²) in [6, 6.07) is 12.7. The third-order valence-corrected chi connectivity index (χ3v) is 5.80. The van der Waals surface area contributed by atoms with Gasteiger partial charge in [-0.2, -0.15) is 0 Å². The Morgan fingerprint density at radius 1 is 1.22 bits per heavy atom. The van der Waals surface area contributed by atoms with Crippen molar-refractivity contribution < 1.29 is 17.9 Å². The lowest BCUT2D eigenvalue weighted by Crippen LogP contribution is -2.34. The van der Waals surface area contributed by atoms with E-state index in [4.69, 9.17) is 4.74 Å². The molecule has 0 aliphatic carbocycles. The normalized spacial score (nSPS) is 16.1. The van der Waals surface area contributed by atoms with Crippen LogP contribution in [0.25, 0.3) is 0 Å². The molecule has 1 amide bonds. The fourth-order valence-corrected chi connectivity index (χ4v) is 4.58. The van der Waals surface area contributed by atoms with Gasteiger partial charge < -0.3 is 10.1 Å². The van der Waals surface area contributed by atoms with Crippen LogP contribution in [0, 0.1) is 6.92 Å². The summed E-state index contributed by atoms with van der Waals surface area (Å²) < 4.78 is 31.0. The van der Waals surface area contributed by atoms with Crippen LogP contribution in [0.5, 0.6) is 5.75 Å². The molecule has 144 valence electrons. The number of aryl methyl sites for hydroxylation is 1. The van der Waals surface area contributed by atoms with E-state index in [2.05, 4.69) is 5.32 Å². The van der Waals surface area contributed by atoms with Crippen molar-refractivity contribution in [2.75, 3.05) is 23.7 Å². The molecule has 27 heavy (non-hydrogen) atoms. The average Bonchev–Trinajstić information content (AvgIpc) is 2.95. The fraction of sp³-hybridized carbons (Fsp3) is 0.350. The molecule has 1 aliphatic rings. The molecule has 3 rings (SSSR count). The van der Waals surface area contributed by atoms with E-state index in [1.54, 1.807) is 18.2 Å². The maximum Gasteiger partial charge on any atom is 0.251 e. The quantitative estimate of drug-likeness (QED) is 0.772. The lowest BCUT2D eigenvalue weighted by molar-refractivity contribution is 0.0947. The van der Waals surface area contributed by atoms with Gasteiger partial charge >= 0.3 is 0 Å². The number of nitrogens with one attached hydrogen (secondary N) is 1. The number of sulfonamides is 1.